The van der Waals surface area contributed by atoms with Crippen LogP contribution in [0.1, 0.15) is 41.3 Å². The summed E-state index contributed by atoms with van der Waals surface area (Å²) in [4.78, 5) is 36.5. The molecule has 0 heterocycles. The molecule has 0 saturated heterocycles. The number of carboxylic acids is 1. The molecule has 0 spiro atoms. The summed E-state index contributed by atoms with van der Waals surface area (Å²) in [5.74, 6) is -2.04. The van der Waals surface area contributed by atoms with Crippen molar-refractivity contribution in [2.45, 2.75) is 25.8 Å². The van der Waals surface area contributed by atoms with E-state index in [2.05, 4.69) is 34.9 Å². The number of carbonyl (C=O) groups is 3. The first kappa shape index (κ1) is 24.7. The van der Waals surface area contributed by atoms with Gasteiger partial charge in [0.1, 0.15) is 6.61 Å². The van der Waals surface area contributed by atoms with Crippen molar-refractivity contribution < 1.29 is 24.2 Å². The fourth-order valence-electron chi connectivity index (χ4n) is 4.22. The Kier molecular flexibility index (Phi) is 7.39. The van der Waals surface area contributed by atoms with Crippen molar-refractivity contribution in [2.24, 2.45) is 5.92 Å². The summed E-state index contributed by atoms with van der Waals surface area (Å²) in [5.41, 5.74) is 5.03. The topological polar surface area (TPSA) is 105 Å². The number of anilines is 1. The van der Waals surface area contributed by atoms with Crippen molar-refractivity contribution in [3.63, 3.8) is 0 Å². The minimum atomic E-state index is -1.07. The first-order chi connectivity index (χ1) is 16.7. The largest absolute Gasteiger partial charge is 0.478 e. The minimum absolute atomic E-state index is 0.0480. The van der Waals surface area contributed by atoms with Crippen LogP contribution in [-0.2, 0) is 9.53 Å². The number of fused-ring (bicyclic) bond motifs is 3. The average Bonchev–Trinajstić information content (AvgIpc) is 3.15. The Bertz CT molecular complexity index is 1250. The lowest BCUT2D eigenvalue weighted by molar-refractivity contribution is -0.120. The number of nitrogens with one attached hydrogen (secondary N) is 2. The van der Waals surface area contributed by atoms with E-state index in [9.17, 15) is 19.5 Å². The van der Waals surface area contributed by atoms with Gasteiger partial charge in [-0.25, -0.2) is 9.59 Å². The molecule has 3 aromatic rings. The zero-order valence-electron chi connectivity index (χ0n) is 19.2. The maximum atomic E-state index is 12.7. The summed E-state index contributed by atoms with van der Waals surface area (Å²) in [6.45, 7) is 3.60. The van der Waals surface area contributed by atoms with Crippen molar-refractivity contribution in [2.75, 3.05) is 11.9 Å². The third kappa shape index (κ3) is 5.48. The molecule has 0 radical (unpaired) electrons. The predicted octanol–water partition coefficient (Wildman–Crippen LogP) is 5.49. The van der Waals surface area contributed by atoms with Gasteiger partial charge >= 0.3 is 12.1 Å². The maximum Gasteiger partial charge on any atom is 0.407 e. The molecular formula is C27H25IN2O5. The lowest BCUT2D eigenvalue weighted by Gasteiger charge is -2.21. The smallest absolute Gasteiger partial charge is 0.407 e. The quantitative estimate of drug-likeness (QED) is 0.319. The monoisotopic (exact) mass is 584 g/mol. The SMILES string of the molecule is CC(NC(=O)OCC1c2ccccc2-c2ccccc21)C(C)C(=O)Nc1cc(I)cc(C(=O)O)c1. The van der Waals surface area contributed by atoms with Crippen LogP contribution in [0, 0.1) is 9.49 Å². The number of rotatable bonds is 7. The van der Waals surface area contributed by atoms with Crippen LogP contribution in [-0.4, -0.2) is 35.7 Å². The second kappa shape index (κ2) is 10.5. The standard InChI is InChI=1S/C27H25IN2O5/c1-15(25(31)30-19-12-17(26(32)33)11-18(28)13-19)16(2)29-27(34)35-14-24-22-9-5-3-7-20(22)21-8-4-6-10-23(21)24/h3-13,15-16,24H,14H2,1-2H3,(H,29,34)(H,30,31)(H,32,33). The maximum absolute atomic E-state index is 12.7. The van der Waals surface area contributed by atoms with E-state index in [1.165, 1.54) is 12.1 Å². The van der Waals surface area contributed by atoms with Gasteiger partial charge in [-0.15, -0.1) is 0 Å². The van der Waals surface area contributed by atoms with Crippen molar-refractivity contribution in [1.29, 1.82) is 0 Å². The lowest BCUT2D eigenvalue weighted by Crippen LogP contribution is -2.42. The number of amides is 2. The van der Waals surface area contributed by atoms with Crippen molar-refractivity contribution in [1.82, 2.24) is 5.32 Å². The number of hydrogen-bond donors (Lipinski definition) is 3. The Morgan fingerprint density at radius 3 is 2.17 bits per heavy atom. The highest BCUT2D eigenvalue weighted by molar-refractivity contribution is 14.1. The Balaban J connectivity index is 1.35. The van der Waals surface area contributed by atoms with Crippen LogP contribution in [0.25, 0.3) is 11.1 Å². The van der Waals surface area contributed by atoms with Crippen LogP contribution in [0.3, 0.4) is 0 Å². The molecule has 35 heavy (non-hydrogen) atoms. The van der Waals surface area contributed by atoms with Crippen LogP contribution in [0.2, 0.25) is 0 Å². The third-order valence-electron chi connectivity index (χ3n) is 6.27. The zero-order valence-corrected chi connectivity index (χ0v) is 21.4. The molecule has 8 heteroatoms. The molecule has 4 rings (SSSR count). The molecule has 7 nitrogen and oxygen atoms in total. The number of benzene rings is 3. The molecule has 3 N–H and O–H groups in total. The second-order valence-corrected chi connectivity index (χ2v) is 9.82. The van der Waals surface area contributed by atoms with Gasteiger partial charge in [-0.05, 0) is 70.0 Å². The number of carboxylic acid groups (broad SMARTS) is 1. The molecule has 2 unspecified atom stereocenters. The summed E-state index contributed by atoms with van der Waals surface area (Å²) in [6.07, 6.45) is -0.596. The fraction of sp³-hybridized carbons (Fsp3) is 0.222. The van der Waals surface area contributed by atoms with Crippen molar-refractivity contribution >= 4 is 46.2 Å². The lowest BCUT2D eigenvalue weighted by atomic mass is 9.98. The third-order valence-corrected chi connectivity index (χ3v) is 6.89. The molecule has 0 fully saturated rings. The number of carbonyl (C=O) groups excluding carboxylic acids is 2. The van der Waals surface area contributed by atoms with Crippen molar-refractivity contribution in [3.8, 4) is 11.1 Å². The Hall–Kier alpha value is -3.40. The van der Waals surface area contributed by atoms with Gasteiger partial charge in [0.2, 0.25) is 5.91 Å². The van der Waals surface area contributed by atoms with E-state index < -0.39 is 24.0 Å². The van der Waals surface area contributed by atoms with Gasteiger partial charge in [-0.1, -0.05) is 55.5 Å². The minimum Gasteiger partial charge on any atom is -0.478 e. The molecule has 3 aromatic carbocycles. The highest BCUT2D eigenvalue weighted by Crippen LogP contribution is 2.44. The molecule has 0 aliphatic heterocycles. The molecule has 1 aliphatic rings. The normalized spacial score (nSPS) is 13.8. The van der Waals surface area contributed by atoms with E-state index in [1.807, 2.05) is 46.9 Å². The average molecular weight is 584 g/mol. The fourth-order valence-corrected chi connectivity index (χ4v) is 4.89. The van der Waals surface area contributed by atoms with Crippen molar-refractivity contribution in [3.05, 3.63) is 87.0 Å². The molecular weight excluding hydrogens is 559 g/mol. The summed E-state index contributed by atoms with van der Waals surface area (Å²) in [6, 6.07) is 20.3. The van der Waals surface area contributed by atoms with Gasteiger partial charge in [0, 0.05) is 21.2 Å². The Labute approximate surface area is 217 Å². The van der Waals surface area contributed by atoms with Crippen LogP contribution < -0.4 is 10.6 Å². The Morgan fingerprint density at radius 2 is 1.57 bits per heavy atom. The second-order valence-electron chi connectivity index (χ2n) is 8.57. The number of ether oxygens (including phenoxy) is 1. The molecule has 0 saturated carbocycles. The molecule has 1 aliphatic carbocycles. The van der Waals surface area contributed by atoms with Gasteiger partial charge in [0.25, 0.3) is 0 Å². The number of alkyl carbamates (subject to hydrolysis) is 1. The zero-order chi connectivity index (χ0) is 25.1. The van der Waals surface area contributed by atoms with Gasteiger partial charge in [-0.3, -0.25) is 4.79 Å². The van der Waals surface area contributed by atoms with Crippen LogP contribution in [0.5, 0.6) is 0 Å². The van der Waals surface area contributed by atoms with Crippen LogP contribution in [0.4, 0.5) is 10.5 Å². The van der Waals surface area contributed by atoms with E-state index >= 15 is 0 Å². The van der Waals surface area contributed by atoms with E-state index in [0.29, 0.717) is 9.26 Å². The molecule has 180 valence electrons. The van der Waals surface area contributed by atoms with Gasteiger partial charge < -0.3 is 20.5 Å². The molecule has 2 atom stereocenters. The summed E-state index contributed by atoms with van der Waals surface area (Å²) >= 11 is 2.00. The number of aromatic carboxylic acids is 1. The van der Waals surface area contributed by atoms with E-state index in [1.54, 1.807) is 19.9 Å². The van der Waals surface area contributed by atoms with E-state index in [4.69, 9.17) is 4.74 Å². The molecule has 2 amide bonds. The first-order valence-corrected chi connectivity index (χ1v) is 12.3. The number of halogens is 1. The predicted molar refractivity (Wildman–Crippen MR) is 142 cm³/mol. The summed E-state index contributed by atoms with van der Waals surface area (Å²) in [5, 5.41) is 14.7. The van der Waals surface area contributed by atoms with E-state index in [0.717, 1.165) is 22.3 Å². The van der Waals surface area contributed by atoms with E-state index in [-0.39, 0.29) is 24.0 Å². The van der Waals surface area contributed by atoms with Crippen LogP contribution in [0.15, 0.2) is 66.7 Å². The first-order valence-electron chi connectivity index (χ1n) is 11.2. The summed E-state index contributed by atoms with van der Waals surface area (Å²) in [7, 11) is 0. The Morgan fingerprint density at radius 1 is 0.971 bits per heavy atom. The van der Waals surface area contributed by atoms with Crippen LogP contribution >= 0.6 is 22.6 Å². The highest BCUT2D eigenvalue weighted by atomic mass is 127. The molecule has 0 aromatic heterocycles. The van der Waals surface area contributed by atoms with Gasteiger partial charge in [0.05, 0.1) is 11.5 Å². The molecule has 0 bridgehead atoms. The highest BCUT2D eigenvalue weighted by Gasteiger charge is 2.29. The van der Waals surface area contributed by atoms with Gasteiger partial charge in [0.15, 0.2) is 0 Å². The summed E-state index contributed by atoms with van der Waals surface area (Å²) < 4.78 is 6.26. The van der Waals surface area contributed by atoms with Gasteiger partial charge in [-0.2, -0.15) is 0 Å². The number of hydrogen-bond acceptors (Lipinski definition) is 4.